The number of para-hydroxylation sites is 2. The van der Waals surface area contributed by atoms with Gasteiger partial charge >= 0.3 is 0 Å². The number of halogens is 1. The van der Waals surface area contributed by atoms with Crippen LogP contribution < -0.4 is 4.74 Å². The molecule has 0 aliphatic rings. The van der Waals surface area contributed by atoms with E-state index in [1.54, 1.807) is 0 Å². The quantitative estimate of drug-likeness (QED) is 0.264. The van der Waals surface area contributed by atoms with Crippen LogP contribution in [0.15, 0.2) is 91.0 Å². The van der Waals surface area contributed by atoms with Crippen LogP contribution in [0.5, 0.6) is 5.75 Å². The molecule has 4 heteroatoms. The summed E-state index contributed by atoms with van der Waals surface area (Å²) >= 11 is 6.05. The Balaban J connectivity index is 1.33. The van der Waals surface area contributed by atoms with E-state index < -0.39 is 0 Å². The fourth-order valence-electron chi connectivity index (χ4n) is 4.02. The van der Waals surface area contributed by atoms with Crippen molar-refractivity contribution in [3.05, 3.63) is 107 Å². The van der Waals surface area contributed by atoms with Gasteiger partial charge in [0.25, 0.3) is 0 Å². The lowest BCUT2D eigenvalue weighted by atomic mass is 10.1. The SMILES string of the molecule is Clc1ccc(Cc2nc3ccccc3n2CCCOc2cccc3ccccc23)cc1. The first-order chi connectivity index (χ1) is 15.3. The van der Waals surface area contributed by atoms with Gasteiger partial charge in [-0.1, -0.05) is 72.3 Å². The molecule has 1 aromatic heterocycles. The summed E-state index contributed by atoms with van der Waals surface area (Å²) in [4.78, 5) is 4.90. The zero-order valence-electron chi connectivity index (χ0n) is 17.2. The van der Waals surface area contributed by atoms with E-state index in [4.69, 9.17) is 21.3 Å². The third-order valence-corrected chi connectivity index (χ3v) is 5.79. The van der Waals surface area contributed by atoms with Gasteiger partial charge in [0.05, 0.1) is 17.6 Å². The van der Waals surface area contributed by atoms with Crippen molar-refractivity contribution in [1.82, 2.24) is 9.55 Å². The zero-order valence-corrected chi connectivity index (χ0v) is 17.9. The first-order valence-corrected chi connectivity index (χ1v) is 10.9. The van der Waals surface area contributed by atoms with Crippen LogP contribution in [0.4, 0.5) is 0 Å². The number of imidazole rings is 1. The van der Waals surface area contributed by atoms with Gasteiger partial charge in [-0.05, 0) is 47.7 Å². The highest BCUT2D eigenvalue weighted by Crippen LogP contribution is 2.25. The minimum atomic E-state index is 0.654. The number of benzene rings is 4. The van der Waals surface area contributed by atoms with Gasteiger partial charge in [0.15, 0.2) is 0 Å². The number of ether oxygens (including phenoxy) is 1. The largest absolute Gasteiger partial charge is 0.493 e. The molecule has 0 spiro atoms. The number of nitrogens with zero attached hydrogens (tertiary/aromatic N) is 2. The third-order valence-electron chi connectivity index (χ3n) is 5.54. The molecule has 0 unspecified atom stereocenters. The Labute approximate surface area is 186 Å². The van der Waals surface area contributed by atoms with Crippen molar-refractivity contribution in [2.75, 3.05) is 6.61 Å². The molecule has 5 aromatic rings. The van der Waals surface area contributed by atoms with Crippen molar-refractivity contribution < 1.29 is 4.74 Å². The van der Waals surface area contributed by atoms with E-state index in [0.717, 1.165) is 52.4 Å². The van der Waals surface area contributed by atoms with Crippen molar-refractivity contribution >= 4 is 33.4 Å². The minimum Gasteiger partial charge on any atom is -0.493 e. The van der Waals surface area contributed by atoms with E-state index in [2.05, 4.69) is 65.2 Å². The molecule has 0 radical (unpaired) electrons. The van der Waals surface area contributed by atoms with Crippen molar-refractivity contribution in [1.29, 1.82) is 0 Å². The molecule has 3 nitrogen and oxygen atoms in total. The van der Waals surface area contributed by atoms with Crippen molar-refractivity contribution in [3.63, 3.8) is 0 Å². The fourth-order valence-corrected chi connectivity index (χ4v) is 4.15. The molecule has 154 valence electrons. The normalized spacial score (nSPS) is 11.3. The highest BCUT2D eigenvalue weighted by Gasteiger charge is 2.11. The second-order valence-corrected chi connectivity index (χ2v) is 8.09. The molecule has 0 atom stereocenters. The van der Waals surface area contributed by atoms with Gasteiger partial charge < -0.3 is 9.30 Å². The van der Waals surface area contributed by atoms with E-state index in [1.807, 2.05) is 30.3 Å². The van der Waals surface area contributed by atoms with Gasteiger partial charge in [0.1, 0.15) is 11.6 Å². The summed E-state index contributed by atoms with van der Waals surface area (Å²) in [6, 6.07) is 30.8. The molecule has 0 bridgehead atoms. The van der Waals surface area contributed by atoms with Crippen LogP contribution in [-0.2, 0) is 13.0 Å². The standard InChI is InChI=1S/C27H23ClN2O/c28-22-15-13-20(14-16-22)19-27-29-24-10-3-4-11-25(24)30(27)17-6-18-31-26-12-5-8-21-7-1-2-9-23(21)26/h1-5,7-16H,6,17-19H2. The van der Waals surface area contributed by atoms with Gasteiger partial charge in [-0.3, -0.25) is 0 Å². The Morgan fingerprint density at radius 2 is 1.58 bits per heavy atom. The summed E-state index contributed by atoms with van der Waals surface area (Å²) in [6.07, 6.45) is 1.67. The van der Waals surface area contributed by atoms with Crippen LogP contribution in [0.25, 0.3) is 21.8 Å². The number of aromatic nitrogens is 2. The van der Waals surface area contributed by atoms with Gasteiger partial charge in [-0.15, -0.1) is 0 Å². The number of aryl methyl sites for hydroxylation is 1. The van der Waals surface area contributed by atoms with Crippen molar-refractivity contribution in [3.8, 4) is 5.75 Å². The number of hydrogen-bond donors (Lipinski definition) is 0. The zero-order chi connectivity index (χ0) is 21.0. The Kier molecular flexibility index (Phi) is 5.59. The van der Waals surface area contributed by atoms with E-state index >= 15 is 0 Å². The maximum atomic E-state index is 6.15. The Hall–Kier alpha value is -3.30. The van der Waals surface area contributed by atoms with Crippen LogP contribution in [0.1, 0.15) is 17.8 Å². The summed E-state index contributed by atoms with van der Waals surface area (Å²) in [5.74, 6) is 2.00. The highest BCUT2D eigenvalue weighted by molar-refractivity contribution is 6.30. The lowest BCUT2D eigenvalue weighted by Crippen LogP contribution is -2.08. The second kappa shape index (κ2) is 8.83. The molecule has 5 rings (SSSR count). The molecule has 0 aliphatic carbocycles. The molecule has 0 saturated carbocycles. The summed E-state index contributed by atoms with van der Waals surface area (Å²) in [6.45, 7) is 1.51. The summed E-state index contributed by atoms with van der Waals surface area (Å²) in [5.41, 5.74) is 3.39. The van der Waals surface area contributed by atoms with Gasteiger partial charge in [0.2, 0.25) is 0 Å². The van der Waals surface area contributed by atoms with E-state index in [9.17, 15) is 0 Å². The lowest BCUT2D eigenvalue weighted by Gasteiger charge is -2.12. The first-order valence-electron chi connectivity index (χ1n) is 10.6. The Morgan fingerprint density at radius 1 is 0.806 bits per heavy atom. The molecule has 0 saturated heterocycles. The van der Waals surface area contributed by atoms with Crippen LogP contribution in [0.2, 0.25) is 5.02 Å². The molecule has 4 aromatic carbocycles. The number of fused-ring (bicyclic) bond motifs is 2. The van der Waals surface area contributed by atoms with Crippen molar-refractivity contribution in [2.24, 2.45) is 0 Å². The second-order valence-electron chi connectivity index (χ2n) is 7.65. The average molecular weight is 427 g/mol. The van der Waals surface area contributed by atoms with Crippen LogP contribution in [-0.4, -0.2) is 16.2 Å². The van der Waals surface area contributed by atoms with E-state index in [-0.39, 0.29) is 0 Å². The molecule has 0 amide bonds. The first kappa shape index (κ1) is 19.7. The number of rotatable bonds is 7. The number of hydrogen-bond acceptors (Lipinski definition) is 2. The van der Waals surface area contributed by atoms with Crippen LogP contribution in [0.3, 0.4) is 0 Å². The summed E-state index contributed by atoms with van der Waals surface area (Å²) in [7, 11) is 0. The molecule has 31 heavy (non-hydrogen) atoms. The van der Waals surface area contributed by atoms with E-state index in [1.165, 1.54) is 10.9 Å². The summed E-state index contributed by atoms with van der Waals surface area (Å²) in [5, 5.41) is 3.11. The van der Waals surface area contributed by atoms with Gasteiger partial charge in [0, 0.05) is 23.4 Å². The molecule has 0 fully saturated rings. The molecular formula is C27H23ClN2O. The summed E-state index contributed by atoms with van der Waals surface area (Å²) < 4.78 is 8.47. The third kappa shape index (κ3) is 4.28. The topological polar surface area (TPSA) is 27.1 Å². The van der Waals surface area contributed by atoms with E-state index in [0.29, 0.717) is 6.61 Å². The van der Waals surface area contributed by atoms with Gasteiger partial charge in [-0.2, -0.15) is 0 Å². The smallest absolute Gasteiger partial charge is 0.127 e. The monoisotopic (exact) mass is 426 g/mol. The Morgan fingerprint density at radius 3 is 2.48 bits per heavy atom. The minimum absolute atomic E-state index is 0.654. The fraction of sp³-hybridized carbons (Fsp3) is 0.148. The maximum Gasteiger partial charge on any atom is 0.127 e. The molecular weight excluding hydrogens is 404 g/mol. The van der Waals surface area contributed by atoms with Crippen LogP contribution in [0, 0.1) is 0 Å². The highest BCUT2D eigenvalue weighted by atomic mass is 35.5. The molecule has 1 heterocycles. The van der Waals surface area contributed by atoms with Crippen LogP contribution >= 0.6 is 11.6 Å². The maximum absolute atomic E-state index is 6.15. The van der Waals surface area contributed by atoms with Crippen molar-refractivity contribution in [2.45, 2.75) is 19.4 Å². The van der Waals surface area contributed by atoms with Gasteiger partial charge in [-0.25, -0.2) is 4.98 Å². The predicted octanol–water partition coefficient (Wildman–Crippen LogP) is 6.90. The average Bonchev–Trinajstić information content (AvgIpc) is 3.15. The molecule has 0 N–H and O–H groups in total. The molecule has 0 aliphatic heterocycles. The Bertz CT molecular complexity index is 1320. The predicted molar refractivity (Wildman–Crippen MR) is 128 cm³/mol. The lowest BCUT2D eigenvalue weighted by molar-refractivity contribution is 0.305.